The van der Waals surface area contributed by atoms with Crippen LogP contribution in [-0.2, 0) is 4.74 Å². The van der Waals surface area contributed by atoms with Gasteiger partial charge in [-0.25, -0.2) is 13.6 Å². The molecular formula is C16H24F2N2O2S. The maximum atomic E-state index is 13.1. The highest BCUT2D eigenvalue weighted by atomic mass is 32.1. The zero-order valence-corrected chi connectivity index (χ0v) is 14.5. The van der Waals surface area contributed by atoms with Crippen LogP contribution in [0.5, 0.6) is 0 Å². The molecule has 1 aromatic rings. The SMILES string of the molecule is CC(C)CC(NC(=O)N1CCOC(C)(C(F)F)C1)c1cccs1. The summed E-state index contributed by atoms with van der Waals surface area (Å²) in [4.78, 5) is 15.0. The molecule has 1 aromatic heterocycles. The molecule has 0 saturated carbocycles. The normalized spacial score (nSPS) is 23.3. The maximum Gasteiger partial charge on any atom is 0.318 e. The monoisotopic (exact) mass is 346 g/mol. The number of halogens is 2. The molecule has 0 bridgehead atoms. The van der Waals surface area contributed by atoms with Gasteiger partial charge in [-0.3, -0.25) is 0 Å². The third-order valence-corrected chi connectivity index (χ3v) is 4.92. The van der Waals surface area contributed by atoms with Gasteiger partial charge in [-0.15, -0.1) is 11.3 Å². The largest absolute Gasteiger partial charge is 0.366 e. The van der Waals surface area contributed by atoms with Crippen LogP contribution in [0.4, 0.5) is 13.6 Å². The molecule has 0 radical (unpaired) electrons. The molecule has 130 valence electrons. The fourth-order valence-corrected chi connectivity index (χ4v) is 3.44. The zero-order valence-electron chi connectivity index (χ0n) is 13.7. The maximum absolute atomic E-state index is 13.1. The number of thiophene rings is 1. The number of hydrogen-bond acceptors (Lipinski definition) is 3. The van der Waals surface area contributed by atoms with Crippen LogP contribution < -0.4 is 5.32 Å². The fourth-order valence-electron chi connectivity index (χ4n) is 2.65. The van der Waals surface area contributed by atoms with E-state index in [-0.39, 0.29) is 25.2 Å². The van der Waals surface area contributed by atoms with E-state index < -0.39 is 12.0 Å². The van der Waals surface area contributed by atoms with E-state index in [2.05, 4.69) is 19.2 Å². The van der Waals surface area contributed by atoms with Crippen LogP contribution in [0.15, 0.2) is 17.5 Å². The third kappa shape index (κ3) is 4.64. The number of hydrogen-bond donors (Lipinski definition) is 1. The number of nitrogens with zero attached hydrogens (tertiary/aromatic N) is 1. The van der Waals surface area contributed by atoms with Crippen LogP contribution >= 0.6 is 11.3 Å². The van der Waals surface area contributed by atoms with Crippen molar-refractivity contribution in [2.24, 2.45) is 5.92 Å². The first-order valence-electron chi connectivity index (χ1n) is 7.83. The van der Waals surface area contributed by atoms with Crippen LogP contribution in [0.2, 0.25) is 0 Å². The molecule has 1 fully saturated rings. The van der Waals surface area contributed by atoms with Gasteiger partial charge in [-0.2, -0.15) is 0 Å². The molecule has 23 heavy (non-hydrogen) atoms. The summed E-state index contributed by atoms with van der Waals surface area (Å²) in [5.41, 5.74) is -1.59. The van der Waals surface area contributed by atoms with Crippen molar-refractivity contribution in [3.05, 3.63) is 22.4 Å². The van der Waals surface area contributed by atoms with Crippen molar-refractivity contribution in [1.29, 1.82) is 0 Å². The van der Waals surface area contributed by atoms with Crippen molar-refractivity contribution in [3.63, 3.8) is 0 Å². The average Bonchev–Trinajstić information content (AvgIpc) is 3.00. The number of amides is 2. The van der Waals surface area contributed by atoms with Gasteiger partial charge in [0, 0.05) is 11.4 Å². The molecule has 0 aromatic carbocycles. The molecule has 2 atom stereocenters. The zero-order chi connectivity index (χ0) is 17.0. The van der Waals surface area contributed by atoms with Crippen molar-refractivity contribution >= 4 is 17.4 Å². The Balaban J connectivity index is 2.03. The lowest BCUT2D eigenvalue weighted by Gasteiger charge is -2.40. The second kappa shape index (κ2) is 7.57. The third-order valence-electron chi connectivity index (χ3n) is 3.94. The van der Waals surface area contributed by atoms with E-state index in [1.807, 2.05) is 17.5 Å². The standard InChI is InChI=1S/C16H24F2N2O2S/c1-11(2)9-12(13-5-4-8-23-13)19-15(21)20-6-7-22-16(3,10-20)14(17)18/h4-5,8,11-12,14H,6-7,9-10H2,1-3H3,(H,19,21). The number of ether oxygens (including phenoxy) is 1. The molecule has 4 nitrogen and oxygen atoms in total. The lowest BCUT2D eigenvalue weighted by molar-refractivity contribution is -0.161. The molecule has 1 aliphatic heterocycles. The van der Waals surface area contributed by atoms with E-state index in [1.165, 1.54) is 11.8 Å². The highest BCUT2D eigenvalue weighted by Gasteiger charge is 2.42. The number of carbonyl (C=O) groups is 1. The summed E-state index contributed by atoms with van der Waals surface area (Å²) >= 11 is 1.59. The number of nitrogens with one attached hydrogen (secondary N) is 1. The first kappa shape index (κ1) is 18.1. The van der Waals surface area contributed by atoms with Crippen LogP contribution in [0.25, 0.3) is 0 Å². The molecule has 1 N–H and O–H groups in total. The first-order valence-corrected chi connectivity index (χ1v) is 8.71. The molecule has 0 aliphatic carbocycles. The van der Waals surface area contributed by atoms with Gasteiger partial charge in [0.2, 0.25) is 0 Å². The molecule has 2 rings (SSSR count). The second-order valence-electron chi connectivity index (χ2n) is 6.53. The summed E-state index contributed by atoms with van der Waals surface area (Å²) in [7, 11) is 0. The Kier molecular flexibility index (Phi) is 5.97. The summed E-state index contributed by atoms with van der Waals surface area (Å²) in [5.74, 6) is 0.415. The van der Waals surface area contributed by atoms with Gasteiger partial charge in [-0.05, 0) is 30.7 Å². The highest BCUT2D eigenvalue weighted by Crippen LogP contribution is 2.28. The highest BCUT2D eigenvalue weighted by molar-refractivity contribution is 7.10. The predicted molar refractivity (Wildman–Crippen MR) is 87.0 cm³/mol. The second-order valence-corrected chi connectivity index (χ2v) is 7.51. The summed E-state index contributed by atoms with van der Waals surface area (Å²) in [6.07, 6.45) is -1.82. The number of rotatable bonds is 5. The topological polar surface area (TPSA) is 41.6 Å². The summed E-state index contributed by atoms with van der Waals surface area (Å²) in [6.45, 7) is 5.89. The minimum atomic E-state index is -2.62. The molecule has 1 aliphatic rings. The van der Waals surface area contributed by atoms with Gasteiger partial charge < -0.3 is 15.0 Å². The number of morpholine rings is 1. The Morgan fingerprint density at radius 1 is 1.52 bits per heavy atom. The van der Waals surface area contributed by atoms with E-state index in [4.69, 9.17) is 4.74 Å². The van der Waals surface area contributed by atoms with Crippen LogP contribution in [-0.4, -0.2) is 42.7 Å². The van der Waals surface area contributed by atoms with Crippen molar-refractivity contribution in [3.8, 4) is 0 Å². The van der Waals surface area contributed by atoms with Gasteiger partial charge in [0.1, 0.15) is 5.60 Å². The molecule has 7 heteroatoms. The van der Waals surface area contributed by atoms with Crippen molar-refractivity contribution in [1.82, 2.24) is 10.2 Å². The van der Waals surface area contributed by atoms with Gasteiger partial charge in [-0.1, -0.05) is 19.9 Å². The van der Waals surface area contributed by atoms with Crippen LogP contribution in [0.1, 0.15) is 38.1 Å². The minimum absolute atomic E-state index is 0.0943. The lowest BCUT2D eigenvalue weighted by Crippen LogP contribution is -2.57. The molecule has 2 amide bonds. The van der Waals surface area contributed by atoms with Gasteiger partial charge in [0.05, 0.1) is 19.2 Å². The van der Waals surface area contributed by atoms with E-state index in [9.17, 15) is 13.6 Å². The number of alkyl halides is 2. The van der Waals surface area contributed by atoms with Crippen molar-refractivity contribution in [2.45, 2.75) is 45.3 Å². The molecule has 1 saturated heterocycles. The molecule has 0 spiro atoms. The van der Waals surface area contributed by atoms with Crippen LogP contribution in [0.3, 0.4) is 0 Å². The smallest absolute Gasteiger partial charge is 0.318 e. The molecule has 2 heterocycles. The Bertz CT molecular complexity index is 510. The summed E-state index contributed by atoms with van der Waals surface area (Å²) in [6, 6.07) is 3.53. The average molecular weight is 346 g/mol. The van der Waals surface area contributed by atoms with E-state index in [0.717, 1.165) is 11.3 Å². The summed E-state index contributed by atoms with van der Waals surface area (Å²) < 4.78 is 31.4. The van der Waals surface area contributed by atoms with Gasteiger partial charge in [0.15, 0.2) is 0 Å². The first-order chi connectivity index (χ1) is 10.8. The predicted octanol–water partition coefficient (Wildman–Crippen LogP) is 3.90. The van der Waals surface area contributed by atoms with Gasteiger partial charge in [0.25, 0.3) is 6.43 Å². The van der Waals surface area contributed by atoms with Crippen molar-refractivity contribution in [2.75, 3.05) is 19.7 Å². The Morgan fingerprint density at radius 3 is 2.83 bits per heavy atom. The molecular weight excluding hydrogens is 322 g/mol. The number of carbonyl (C=O) groups excluding carboxylic acids is 1. The van der Waals surface area contributed by atoms with E-state index >= 15 is 0 Å². The molecule has 2 unspecified atom stereocenters. The Hall–Kier alpha value is -1.21. The van der Waals surface area contributed by atoms with Crippen molar-refractivity contribution < 1.29 is 18.3 Å². The lowest BCUT2D eigenvalue weighted by atomic mass is 10.0. The quantitative estimate of drug-likeness (QED) is 0.878. The Morgan fingerprint density at radius 2 is 2.26 bits per heavy atom. The van der Waals surface area contributed by atoms with E-state index in [0.29, 0.717) is 12.5 Å². The van der Waals surface area contributed by atoms with Crippen LogP contribution in [0, 0.1) is 5.92 Å². The Labute approximate surface area is 139 Å². The fraction of sp³-hybridized carbons (Fsp3) is 0.688. The number of urea groups is 1. The summed E-state index contributed by atoms with van der Waals surface area (Å²) in [5, 5.41) is 4.96. The minimum Gasteiger partial charge on any atom is -0.366 e. The van der Waals surface area contributed by atoms with E-state index in [1.54, 1.807) is 11.3 Å². The van der Waals surface area contributed by atoms with Gasteiger partial charge >= 0.3 is 6.03 Å².